The summed E-state index contributed by atoms with van der Waals surface area (Å²) < 4.78 is 5.41. The molecule has 0 spiro atoms. The van der Waals surface area contributed by atoms with Gasteiger partial charge in [-0.05, 0) is 36.2 Å². The van der Waals surface area contributed by atoms with Gasteiger partial charge in [-0.1, -0.05) is 29.8 Å². The van der Waals surface area contributed by atoms with Crippen molar-refractivity contribution in [1.82, 2.24) is 0 Å². The topological polar surface area (TPSA) is 56.3 Å². The van der Waals surface area contributed by atoms with Gasteiger partial charge in [-0.3, -0.25) is 10.1 Å². The number of nitrogens with zero attached hydrogens (tertiary/aromatic N) is 1. The van der Waals surface area contributed by atoms with Crippen LogP contribution in [0.2, 0.25) is 0 Å². The Bertz CT molecular complexity index is 839. The van der Waals surface area contributed by atoms with E-state index >= 15 is 0 Å². The van der Waals surface area contributed by atoms with Crippen molar-refractivity contribution in [2.75, 3.05) is 0 Å². The monoisotopic (exact) mass is 301 g/mol. The minimum atomic E-state index is -0.488. The van der Waals surface area contributed by atoms with Crippen molar-refractivity contribution in [2.24, 2.45) is 0 Å². The lowest BCUT2D eigenvalue weighted by atomic mass is 10.0. The van der Waals surface area contributed by atoms with Gasteiger partial charge in [-0.2, -0.15) is 0 Å². The summed E-state index contributed by atoms with van der Waals surface area (Å²) in [6.45, 7) is 1.94. The number of aryl methyl sites for hydroxylation is 1. The highest BCUT2D eigenvalue weighted by Gasteiger charge is 2.25. The Morgan fingerprint density at radius 3 is 2.76 bits per heavy atom. The molecule has 0 atom stereocenters. The molecule has 106 valence electrons. The molecule has 2 aromatic carbocycles. The molecule has 0 saturated heterocycles. The predicted octanol–water partition coefficient (Wildman–Crippen LogP) is 5.06. The Kier molecular flexibility index (Phi) is 3.39. The third-order valence-electron chi connectivity index (χ3n) is 3.36. The van der Waals surface area contributed by atoms with Crippen LogP contribution in [0, 0.1) is 17.0 Å². The van der Waals surface area contributed by atoms with Crippen molar-refractivity contribution in [3.05, 3.63) is 63.7 Å². The molecule has 0 fully saturated rings. The second kappa shape index (κ2) is 5.22. The van der Waals surface area contributed by atoms with Crippen LogP contribution < -0.4 is 0 Å². The molecule has 0 aliphatic carbocycles. The van der Waals surface area contributed by atoms with Gasteiger partial charge >= 0.3 is 5.88 Å². The molecule has 4 nitrogen and oxygen atoms in total. The van der Waals surface area contributed by atoms with Crippen LogP contribution in [0.5, 0.6) is 0 Å². The highest BCUT2D eigenvalue weighted by atomic mass is 35.5. The molecule has 0 aliphatic heterocycles. The van der Waals surface area contributed by atoms with Gasteiger partial charge in [0, 0.05) is 11.3 Å². The van der Waals surface area contributed by atoms with Crippen LogP contribution >= 0.6 is 11.6 Å². The molecule has 0 unspecified atom stereocenters. The van der Waals surface area contributed by atoms with Gasteiger partial charge in [-0.25, -0.2) is 0 Å². The van der Waals surface area contributed by atoms with Gasteiger partial charge in [-0.15, -0.1) is 11.6 Å². The average Bonchev–Trinajstić information content (AvgIpc) is 2.86. The molecule has 0 bridgehead atoms. The summed E-state index contributed by atoms with van der Waals surface area (Å²) in [5.41, 5.74) is 3.69. The normalized spacial score (nSPS) is 11.0. The van der Waals surface area contributed by atoms with Crippen molar-refractivity contribution >= 4 is 28.5 Å². The number of benzene rings is 2. The van der Waals surface area contributed by atoms with E-state index in [1.165, 1.54) is 0 Å². The fourth-order valence-corrected chi connectivity index (χ4v) is 2.58. The van der Waals surface area contributed by atoms with E-state index in [-0.39, 0.29) is 5.88 Å². The van der Waals surface area contributed by atoms with E-state index in [1.807, 2.05) is 43.3 Å². The average molecular weight is 302 g/mol. The summed E-state index contributed by atoms with van der Waals surface area (Å²) in [6, 6.07) is 12.9. The van der Waals surface area contributed by atoms with Gasteiger partial charge in [0.2, 0.25) is 0 Å². The van der Waals surface area contributed by atoms with Crippen molar-refractivity contribution in [1.29, 1.82) is 0 Å². The molecule has 21 heavy (non-hydrogen) atoms. The van der Waals surface area contributed by atoms with Crippen molar-refractivity contribution in [3.8, 4) is 11.1 Å². The quantitative estimate of drug-likeness (QED) is 0.386. The van der Waals surface area contributed by atoms with Crippen LogP contribution in [0.4, 0.5) is 5.88 Å². The number of hydrogen-bond acceptors (Lipinski definition) is 3. The molecule has 3 rings (SSSR count). The van der Waals surface area contributed by atoms with Crippen molar-refractivity contribution < 1.29 is 9.34 Å². The molecule has 1 aromatic heterocycles. The largest absolute Gasteiger partial charge is 0.442 e. The third-order valence-corrected chi connectivity index (χ3v) is 3.67. The van der Waals surface area contributed by atoms with E-state index in [4.69, 9.17) is 16.0 Å². The van der Waals surface area contributed by atoms with Gasteiger partial charge < -0.3 is 4.42 Å². The smallest absolute Gasteiger partial charge is 0.400 e. The molecule has 5 heteroatoms. The first-order valence-electron chi connectivity index (χ1n) is 6.43. The van der Waals surface area contributed by atoms with Gasteiger partial charge in [0.1, 0.15) is 16.1 Å². The summed E-state index contributed by atoms with van der Waals surface area (Å²) in [4.78, 5) is 10.8. The Hall–Kier alpha value is -2.33. The molecule has 0 saturated carbocycles. The first-order valence-corrected chi connectivity index (χ1v) is 6.96. The first kappa shape index (κ1) is 13.6. The number of nitro groups is 1. The molecule has 0 radical (unpaired) electrons. The Morgan fingerprint density at radius 2 is 2.05 bits per heavy atom. The van der Waals surface area contributed by atoms with Crippen LogP contribution in [0.1, 0.15) is 11.1 Å². The Balaban J connectivity index is 2.35. The van der Waals surface area contributed by atoms with E-state index in [0.717, 1.165) is 22.1 Å². The number of rotatable bonds is 3. The number of alkyl halides is 1. The second-order valence-electron chi connectivity index (χ2n) is 4.87. The highest BCUT2D eigenvalue weighted by Crippen LogP contribution is 2.40. The maximum atomic E-state index is 11.3. The fraction of sp³-hybridized carbons (Fsp3) is 0.125. The minimum Gasteiger partial charge on any atom is -0.400 e. The number of halogens is 1. The van der Waals surface area contributed by atoms with Crippen LogP contribution in [-0.2, 0) is 5.88 Å². The van der Waals surface area contributed by atoms with Gasteiger partial charge in [0.05, 0.1) is 0 Å². The third kappa shape index (κ3) is 2.38. The molecule has 0 aliphatic rings. The number of furan rings is 1. The summed E-state index contributed by atoms with van der Waals surface area (Å²) >= 11 is 5.85. The first-order chi connectivity index (χ1) is 10.1. The van der Waals surface area contributed by atoms with E-state index in [2.05, 4.69) is 0 Å². The van der Waals surface area contributed by atoms with Crippen molar-refractivity contribution in [2.45, 2.75) is 12.8 Å². The van der Waals surface area contributed by atoms with Gasteiger partial charge in [0.25, 0.3) is 0 Å². The summed E-state index contributed by atoms with van der Waals surface area (Å²) in [7, 11) is 0. The summed E-state index contributed by atoms with van der Waals surface area (Å²) in [6.07, 6.45) is 0. The maximum absolute atomic E-state index is 11.3. The van der Waals surface area contributed by atoms with Crippen LogP contribution in [0.15, 0.2) is 46.9 Å². The van der Waals surface area contributed by atoms with Gasteiger partial charge in [0.15, 0.2) is 0 Å². The standard InChI is InChI=1S/C16H12ClNO3/c1-10-5-6-14-13(7-10)15(16(21-14)18(19)20)12-4-2-3-11(8-12)9-17/h2-8H,9H2,1H3. The lowest BCUT2D eigenvalue weighted by Crippen LogP contribution is -1.89. The molecule has 1 heterocycles. The highest BCUT2D eigenvalue weighted by molar-refractivity contribution is 6.17. The minimum absolute atomic E-state index is 0.234. The zero-order valence-corrected chi connectivity index (χ0v) is 12.1. The Morgan fingerprint density at radius 1 is 1.24 bits per heavy atom. The fourth-order valence-electron chi connectivity index (χ4n) is 2.42. The Labute approximate surface area is 126 Å². The zero-order valence-electron chi connectivity index (χ0n) is 11.3. The summed E-state index contributed by atoms with van der Waals surface area (Å²) in [5, 5.41) is 12.0. The molecule has 0 amide bonds. The summed E-state index contributed by atoms with van der Waals surface area (Å²) in [5.74, 6) is 0.124. The predicted molar refractivity (Wildman–Crippen MR) is 82.6 cm³/mol. The van der Waals surface area contributed by atoms with E-state index in [9.17, 15) is 10.1 Å². The van der Waals surface area contributed by atoms with Crippen LogP contribution in [-0.4, -0.2) is 4.92 Å². The zero-order chi connectivity index (χ0) is 15.0. The molecule has 0 N–H and O–H groups in total. The van der Waals surface area contributed by atoms with Crippen molar-refractivity contribution in [3.63, 3.8) is 0 Å². The number of fused-ring (bicyclic) bond motifs is 1. The van der Waals surface area contributed by atoms with E-state index in [1.54, 1.807) is 6.07 Å². The SMILES string of the molecule is Cc1ccc2oc([N+](=O)[O-])c(-c3cccc(CCl)c3)c2c1. The molecular weight excluding hydrogens is 290 g/mol. The van der Waals surface area contributed by atoms with E-state index < -0.39 is 4.92 Å². The molecular formula is C16H12ClNO3. The van der Waals surface area contributed by atoms with Crippen LogP contribution in [0.25, 0.3) is 22.1 Å². The maximum Gasteiger partial charge on any atom is 0.442 e. The number of hydrogen-bond donors (Lipinski definition) is 0. The van der Waals surface area contributed by atoms with Crippen LogP contribution in [0.3, 0.4) is 0 Å². The lowest BCUT2D eigenvalue weighted by molar-refractivity contribution is -0.400. The second-order valence-corrected chi connectivity index (χ2v) is 5.14. The molecule has 3 aromatic rings. The lowest BCUT2D eigenvalue weighted by Gasteiger charge is -2.01. The van der Waals surface area contributed by atoms with E-state index in [0.29, 0.717) is 17.0 Å².